The van der Waals surface area contributed by atoms with Gasteiger partial charge in [-0.1, -0.05) is 12.1 Å². The minimum absolute atomic E-state index is 0.0804. The van der Waals surface area contributed by atoms with Gasteiger partial charge in [-0.2, -0.15) is 0 Å². The highest BCUT2D eigenvalue weighted by Gasteiger charge is 2.46. The number of anilines is 2. The molecule has 2 saturated heterocycles. The Labute approximate surface area is 137 Å². The second kappa shape index (κ2) is 5.23. The molecule has 0 spiro atoms. The summed E-state index contributed by atoms with van der Waals surface area (Å²) in [7, 11) is 0. The van der Waals surface area contributed by atoms with Gasteiger partial charge in [-0.3, -0.25) is 4.79 Å². The fourth-order valence-electron chi connectivity index (χ4n) is 4.55. The molecule has 3 heterocycles. The third kappa shape index (κ3) is 2.35. The highest BCUT2D eigenvalue weighted by Crippen LogP contribution is 2.42. The zero-order valence-corrected chi connectivity index (χ0v) is 13.5. The third-order valence-corrected chi connectivity index (χ3v) is 5.97. The first-order valence-electron chi connectivity index (χ1n) is 9.10. The Kier molecular flexibility index (Phi) is 3.15. The zero-order valence-electron chi connectivity index (χ0n) is 13.5. The molecule has 122 valence electrons. The van der Waals surface area contributed by atoms with E-state index >= 15 is 0 Å². The minimum Gasteiger partial charge on any atom is -0.374 e. The lowest BCUT2D eigenvalue weighted by atomic mass is 9.88. The summed E-state index contributed by atoms with van der Waals surface area (Å²) < 4.78 is 5.91. The van der Waals surface area contributed by atoms with Crippen molar-refractivity contribution < 1.29 is 9.53 Å². The molecular weight excluding hydrogens is 288 g/mol. The summed E-state index contributed by atoms with van der Waals surface area (Å²) >= 11 is 0. The predicted octanol–water partition coefficient (Wildman–Crippen LogP) is 2.82. The van der Waals surface area contributed by atoms with Gasteiger partial charge in [0.05, 0.1) is 29.5 Å². The molecule has 1 aromatic rings. The summed E-state index contributed by atoms with van der Waals surface area (Å²) in [6.07, 6.45) is 6.36. The van der Waals surface area contributed by atoms with Crippen LogP contribution in [0.25, 0.3) is 0 Å². The Balaban J connectivity index is 1.41. The summed E-state index contributed by atoms with van der Waals surface area (Å²) in [5.74, 6) is 1.23. The van der Waals surface area contributed by atoms with E-state index in [1.165, 1.54) is 18.5 Å². The molecule has 2 bridgehead atoms. The Bertz CT molecular complexity index is 628. The number of hydrogen-bond donors (Lipinski definition) is 0. The molecule has 4 heteroatoms. The van der Waals surface area contributed by atoms with Gasteiger partial charge >= 0.3 is 0 Å². The largest absolute Gasteiger partial charge is 0.374 e. The highest BCUT2D eigenvalue weighted by molar-refractivity contribution is 5.99. The molecular formula is C19H24N2O2. The van der Waals surface area contributed by atoms with Gasteiger partial charge in [-0.05, 0) is 50.2 Å². The fourth-order valence-corrected chi connectivity index (χ4v) is 4.55. The number of hydrogen-bond acceptors (Lipinski definition) is 3. The van der Waals surface area contributed by atoms with Crippen molar-refractivity contribution in [3.63, 3.8) is 0 Å². The van der Waals surface area contributed by atoms with Crippen LogP contribution in [0.15, 0.2) is 24.3 Å². The van der Waals surface area contributed by atoms with Gasteiger partial charge in [0.1, 0.15) is 0 Å². The summed E-state index contributed by atoms with van der Waals surface area (Å²) in [4.78, 5) is 17.6. The Morgan fingerprint density at radius 3 is 2.61 bits per heavy atom. The van der Waals surface area contributed by atoms with E-state index in [0.29, 0.717) is 6.10 Å². The second-order valence-electron chi connectivity index (χ2n) is 7.58. The predicted molar refractivity (Wildman–Crippen MR) is 89.7 cm³/mol. The van der Waals surface area contributed by atoms with Crippen molar-refractivity contribution in [1.82, 2.24) is 0 Å². The smallest absolute Gasteiger partial charge is 0.232 e. The number of ether oxygens (including phenoxy) is 1. The van der Waals surface area contributed by atoms with Crippen LogP contribution >= 0.6 is 0 Å². The van der Waals surface area contributed by atoms with E-state index in [0.717, 1.165) is 50.5 Å². The first-order chi connectivity index (χ1) is 11.3. The van der Waals surface area contributed by atoms with Crippen molar-refractivity contribution in [2.24, 2.45) is 11.8 Å². The molecule has 4 aliphatic rings. The number of nitrogens with zero attached hydrogens (tertiary/aromatic N) is 2. The maximum atomic E-state index is 13.1. The normalized spacial score (nSPS) is 32.3. The SMILES string of the molecule is O=C(C1CC2CCC1O2)N1CCN(CC2CC2)c2ccccc21. The van der Waals surface area contributed by atoms with Gasteiger partial charge in [0.2, 0.25) is 5.91 Å². The minimum atomic E-state index is 0.0804. The maximum absolute atomic E-state index is 13.1. The van der Waals surface area contributed by atoms with E-state index in [9.17, 15) is 4.79 Å². The van der Waals surface area contributed by atoms with Crippen LogP contribution in [0.5, 0.6) is 0 Å². The highest BCUT2D eigenvalue weighted by atomic mass is 16.5. The third-order valence-electron chi connectivity index (χ3n) is 5.97. The maximum Gasteiger partial charge on any atom is 0.232 e. The Morgan fingerprint density at radius 2 is 1.91 bits per heavy atom. The summed E-state index contributed by atoms with van der Waals surface area (Å²) in [6, 6.07) is 8.43. The Morgan fingerprint density at radius 1 is 1.09 bits per heavy atom. The summed E-state index contributed by atoms with van der Waals surface area (Å²) in [5, 5.41) is 0. The molecule has 23 heavy (non-hydrogen) atoms. The molecule has 0 N–H and O–H groups in total. The molecule has 3 fully saturated rings. The van der Waals surface area contributed by atoms with Crippen molar-refractivity contribution in [2.75, 3.05) is 29.4 Å². The van der Waals surface area contributed by atoms with E-state index in [4.69, 9.17) is 4.74 Å². The van der Waals surface area contributed by atoms with E-state index in [-0.39, 0.29) is 17.9 Å². The van der Waals surface area contributed by atoms with Crippen LogP contribution in [0, 0.1) is 11.8 Å². The number of para-hydroxylation sites is 2. The van der Waals surface area contributed by atoms with Gasteiger partial charge in [0.25, 0.3) is 0 Å². The molecule has 1 saturated carbocycles. The van der Waals surface area contributed by atoms with Crippen molar-refractivity contribution in [3.8, 4) is 0 Å². The first kappa shape index (κ1) is 13.8. The molecule has 3 unspecified atom stereocenters. The van der Waals surface area contributed by atoms with Crippen molar-refractivity contribution in [1.29, 1.82) is 0 Å². The van der Waals surface area contributed by atoms with E-state index in [2.05, 4.69) is 29.2 Å². The van der Waals surface area contributed by atoms with Gasteiger partial charge in [-0.25, -0.2) is 0 Å². The lowest BCUT2D eigenvalue weighted by molar-refractivity contribution is -0.123. The van der Waals surface area contributed by atoms with Gasteiger partial charge < -0.3 is 14.5 Å². The van der Waals surface area contributed by atoms with Crippen LogP contribution in [0.4, 0.5) is 11.4 Å². The van der Waals surface area contributed by atoms with Gasteiger partial charge in [0.15, 0.2) is 0 Å². The van der Waals surface area contributed by atoms with Crippen molar-refractivity contribution >= 4 is 17.3 Å². The monoisotopic (exact) mass is 312 g/mol. The molecule has 0 aromatic heterocycles. The summed E-state index contributed by atoms with van der Waals surface area (Å²) in [5.41, 5.74) is 2.34. The Hall–Kier alpha value is -1.55. The first-order valence-corrected chi connectivity index (χ1v) is 9.10. The van der Waals surface area contributed by atoms with Gasteiger partial charge in [0, 0.05) is 19.6 Å². The number of amides is 1. The van der Waals surface area contributed by atoms with Gasteiger partial charge in [-0.15, -0.1) is 0 Å². The number of carbonyl (C=O) groups excluding carboxylic acids is 1. The second-order valence-corrected chi connectivity index (χ2v) is 7.58. The summed E-state index contributed by atoms with van der Waals surface area (Å²) in [6.45, 7) is 2.92. The lowest BCUT2D eigenvalue weighted by Gasteiger charge is -2.39. The molecule has 1 aliphatic carbocycles. The van der Waals surface area contributed by atoms with Crippen LogP contribution in [-0.4, -0.2) is 37.7 Å². The molecule has 4 nitrogen and oxygen atoms in total. The molecule has 1 amide bonds. The molecule has 3 atom stereocenters. The average molecular weight is 312 g/mol. The quantitative estimate of drug-likeness (QED) is 0.860. The van der Waals surface area contributed by atoms with Crippen molar-refractivity contribution in [2.45, 2.75) is 44.3 Å². The number of benzene rings is 1. The topological polar surface area (TPSA) is 32.8 Å². The van der Waals surface area contributed by atoms with Crippen LogP contribution in [0.3, 0.4) is 0 Å². The standard InChI is InChI=1S/C19H24N2O2/c22-19(15-11-14-7-8-18(15)23-14)21-10-9-20(12-13-5-6-13)16-3-1-2-4-17(16)21/h1-4,13-15,18H,5-12H2. The van der Waals surface area contributed by atoms with E-state index in [1.807, 2.05) is 4.90 Å². The van der Waals surface area contributed by atoms with Crippen LogP contribution in [-0.2, 0) is 9.53 Å². The zero-order chi connectivity index (χ0) is 15.4. The van der Waals surface area contributed by atoms with E-state index in [1.54, 1.807) is 0 Å². The molecule has 1 aromatic carbocycles. The lowest BCUT2D eigenvalue weighted by Crippen LogP contribution is -2.48. The number of fused-ring (bicyclic) bond motifs is 3. The number of rotatable bonds is 3. The van der Waals surface area contributed by atoms with Crippen LogP contribution in [0.2, 0.25) is 0 Å². The molecule has 3 aliphatic heterocycles. The van der Waals surface area contributed by atoms with Crippen LogP contribution in [0.1, 0.15) is 32.1 Å². The van der Waals surface area contributed by atoms with Crippen molar-refractivity contribution in [3.05, 3.63) is 24.3 Å². The molecule has 5 rings (SSSR count). The number of carbonyl (C=O) groups is 1. The average Bonchev–Trinajstić information content (AvgIpc) is 3.15. The van der Waals surface area contributed by atoms with Crippen LogP contribution < -0.4 is 9.80 Å². The molecule has 0 radical (unpaired) electrons. The van der Waals surface area contributed by atoms with E-state index < -0.39 is 0 Å². The fraction of sp³-hybridized carbons (Fsp3) is 0.632.